The topological polar surface area (TPSA) is 12.0 Å². The Morgan fingerprint density at radius 2 is 2.21 bits per heavy atom. The van der Waals surface area contributed by atoms with Gasteiger partial charge in [0.2, 0.25) is 0 Å². The van der Waals surface area contributed by atoms with Crippen LogP contribution < -0.4 is 5.32 Å². The first kappa shape index (κ1) is 12.4. The molecular weight excluding hydrogens is 355 g/mol. The highest BCUT2D eigenvalue weighted by Crippen LogP contribution is 2.24. The molecule has 0 saturated heterocycles. The molecule has 0 aliphatic rings. The van der Waals surface area contributed by atoms with Gasteiger partial charge in [0.15, 0.2) is 0 Å². The molecule has 0 aromatic heterocycles. The summed E-state index contributed by atoms with van der Waals surface area (Å²) in [6, 6.07) is 5.72. The van der Waals surface area contributed by atoms with Crippen molar-refractivity contribution in [2.75, 3.05) is 11.9 Å². The van der Waals surface area contributed by atoms with Crippen molar-refractivity contribution < 1.29 is 0 Å². The van der Waals surface area contributed by atoms with Crippen LogP contribution in [0.2, 0.25) is 5.02 Å². The Balaban J connectivity index is 2.71. The van der Waals surface area contributed by atoms with Crippen LogP contribution in [0.3, 0.4) is 0 Å². The van der Waals surface area contributed by atoms with Crippen molar-refractivity contribution in [2.24, 2.45) is 0 Å². The Bertz CT molecular complexity index is 352. The lowest BCUT2D eigenvalue weighted by Gasteiger charge is -2.07. The first-order chi connectivity index (χ1) is 6.63. The molecule has 0 amide bonds. The van der Waals surface area contributed by atoms with Crippen molar-refractivity contribution in [3.63, 3.8) is 0 Å². The van der Waals surface area contributed by atoms with E-state index in [1.807, 2.05) is 18.2 Å². The number of nitrogens with one attached hydrogen (secondary N) is 1. The van der Waals surface area contributed by atoms with E-state index in [0.717, 1.165) is 9.26 Å². The lowest BCUT2D eigenvalue weighted by molar-refractivity contribution is 1.31. The van der Waals surface area contributed by atoms with Gasteiger partial charge in [-0.3, -0.25) is 0 Å². The van der Waals surface area contributed by atoms with Gasteiger partial charge in [-0.05, 0) is 40.8 Å². The summed E-state index contributed by atoms with van der Waals surface area (Å²) in [7, 11) is 0. The Hall–Kier alpha value is 0.360. The average Bonchev–Trinajstić information content (AvgIpc) is 2.19. The van der Waals surface area contributed by atoms with Gasteiger partial charge >= 0.3 is 0 Å². The summed E-state index contributed by atoms with van der Waals surface area (Å²) >= 11 is 19.3. The van der Waals surface area contributed by atoms with Crippen LogP contribution >= 0.6 is 57.4 Å². The Labute approximate surface area is 112 Å². The Kier molecular flexibility index (Phi) is 5.38. The largest absolute Gasteiger partial charge is 0.379 e. The van der Waals surface area contributed by atoms with E-state index in [1.54, 1.807) is 0 Å². The zero-order chi connectivity index (χ0) is 10.6. The van der Waals surface area contributed by atoms with E-state index in [0.29, 0.717) is 16.6 Å². The van der Waals surface area contributed by atoms with Gasteiger partial charge in [-0.2, -0.15) is 0 Å². The molecule has 1 aromatic rings. The van der Waals surface area contributed by atoms with E-state index >= 15 is 0 Å². The highest BCUT2D eigenvalue weighted by atomic mass is 127. The summed E-state index contributed by atoms with van der Waals surface area (Å²) in [5, 5.41) is 4.30. The van der Waals surface area contributed by atoms with Gasteiger partial charge in [-0.15, -0.1) is 0 Å². The number of halogens is 4. The molecule has 0 saturated carbocycles. The van der Waals surface area contributed by atoms with Gasteiger partial charge in [0.1, 0.15) is 0 Å². The molecule has 0 radical (unpaired) electrons. The number of benzene rings is 1. The zero-order valence-corrected chi connectivity index (χ0v) is 11.5. The molecule has 0 aliphatic carbocycles. The fourth-order valence-electron chi connectivity index (χ4n) is 0.851. The maximum absolute atomic E-state index is 5.96. The quantitative estimate of drug-likeness (QED) is 0.770. The highest BCUT2D eigenvalue weighted by molar-refractivity contribution is 14.1. The molecule has 0 fully saturated rings. The van der Waals surface area contributed by atoms with E-state index in [2.05, 4.69) is 27.9 Å². The van der Waals surface area contributed by atoms with Crippen molar-refractivity contribution in [1.82, 2.24) is 0 Å². The van der Waals surface area contributed by atoms with Crippen LogP contribution in [0.15, 0.2) is 28.8 Å². The van der Waals surface area contributed by atoms with Crippen LogP contribution in [0.4, 0.5) is 5.69 Å². The fourth-order valence-corrected chi connectivity index (χ4v) is 1.67. The summed E-state index contributed by atoms with van der Waals surface area (Å²) in [5.41, 5.74) is 2.19. The molecule has 5 heteroatoms. The van der Waals surface area contributed by atoms with E-state index < -0.39 is 0 Å². The minimum atomic E-state index is 0.477. The SMILES string of the molecule is Cl/C=C(/Cl)CNc1cc(I)ccc1Cl. The smallest absolute Gasteiger partial charge is 0.0638 e. The van der Waals surface area contributed by atoms with Gasteiger partial charge < -0.3 is 5.32 Å². The molecule has 1 N–H and O–H groups in total. The van der Waals surface area contributed by atoms with Crippen LogP contribution in [0.1, 0.15) is 0 Å². The molecule has 14 heavy (non-hydrogen) atoms. The molecule has 0 aliphatic heterocycles. The normalized spacial score (nSPS) is 11.6. The van der Waals surface area contributed by atoms with Crippen LogP contribution in [-0.4, -0.2) is 6.54 Å². The molecule has 1 aromatic carbocycles. The minimum Gasteiger partial charge on any atom is -0.379 e. The predicted molar refractivity (Wildman–Crippen MR) is 72.4 cm³/mol. The number of rotatable bonds is 3. The molecule has 1 rings (SSSR count). The minimum absolute atomic E-state index is 0.477. The maximum Gasteiger partial charge on any atom is 0.0638 e. The molecule has 1 nitrogen and oxygen atoms in total. The molecule has 0 bridgehead atoms. The summed E-state index contributed by atoms with van der Waals surface area (Å²) in [5.74, 6) is 0. The number of hydrogen-bond acceptors (Lipinski definition) is 1. The van der Waals surface area contributed by atoms with Crippen LogP contribution in [0.5, 0.6) is 0 Å². The van der Waals surface area contributed by atoms with Gasteiger partial charge in [0.25, 0.3) is 0 Å². The number of anilines is 1. The predicted octanol–water partition coefficient (Wildman–Crippen LogP) is 4.68. The summed E-state index contributed by atoms with van der Waals surface area (Å²) in [6.45, 7) is 0.477. The standard InChI is InChI=1S/C9H7Cl3IN/c10-4-6(11)5-14-9-3-7(13)1-2-8(9)12/h1-4,14H,5H2/b6-4+. The molecule has 0 atom stereocenters. The maximum atomic E-state index is 5.96. The molecule has 0 heterocycles. The molecular formula is C9H7Cl3IN. The van der Waals surface area contributed by atoms with Gasteiger partial charge in [0.05, 0.1) is 17.3 Å². The van der Waals surface area contributed by atoms with Crippen LogP contribution in [0.25, 0.3) is 0 Å². The Morgan fingerprint density at radius 3 is 2.86 bits per heavy atom. The molecule has 0 unspecified atom stereocenters. The second-order valence-electron chi connectivity index (χ2n) is 2.53. The van der Waals surface area contributed by atoms with Crippen molar-refractivity contribution in [3.05, 3.63) is 37.4 Å². The van der Waals surface area contributed by atoms with E-state index in [1.165, 1.54) is 5.54 Å². The summed E-state index contributed by atoms with van der Waals surface area (Å²) < 4.78 is 1.11. The van der Waals surface area contributed by atoms with Crippen molar-refractivity contribution in [1.29, 1.82) is 0 Å². The third kappa shape index (κ3) is 3.85. The van der Waals surface area contributed by atoms with Crippen molar-refractivity contribution in [3.8, 4) is 0 Å². The monoisotopic (exact) mass is 361 g/mol. The van der Waals surface area contributed by atoms with Crippen LogP contribution in [-0.2, 0) is 0 Å². The highest BCUT2D eigenvalue weighted by Gasteiger charge is 2.00. The first-order valence-corrected chi connectivity index (χ1v) is 6.04. The summed E-state index contributed by atoms with van der Waals surface area (Å²) in [6.07, 6.45) is 0. The Morgan fingerprint density at radius 1 is 1.50 bits per heavy atom. The first-order valence-electron chi connectivity index (χ1n) is 3.77. The van der Waals surface area contributed by atoms with Gasteiger partial charge in [-0.1, -0.05) is 34.8 Å². The van der Waals surface area contributed by atoms with Crippen molar-refractivity contribution >= 4 is 63.1 Å². The third-order valence-corrected chi connectivity index (χ3v) is 3.11. The fraction of sp³-hybridized carbons (Fsp3) is 0.111. The van der Waals surface area contributed by atoms with Crippen molar-refractivity contribution in [2.45, 2.75) is 0 Å². The number of hydrogen-bond donors (Lipinski definition) is 1. The summed E-state index contributed by atoms with van der Waals surface area (Å²) in [4.78, 5) is 0. The van der Waals surface area contributed by atoms with E-state index in [-0.39, 0.29) is 0 Å². The zero-order valence-electron chi connectivity index (χ0n) is 7.03. The second kappa shape index (κ2) is 6.05. The average molecular weight is 362 g/mol. The van der Waals surface area contributed by atoms with Gasteiger partial charge in [0, 0.05) is 14.1 Å². The third-order valence-electron chi connectivity index (χ3n) is 1.49. The van der Waals surface area contributed by atoms with E-state index in [4.69, 9.17) is 34.8 Å². The lowest BCUT2D eigenvalue weighted by atomic mass is 10.3. The van der Waals surface area contributed by atoms with Crippen LogP contribution in [0, 0.1) is 3.57 Å². The van der Waals surface area contributed by atoms with E-state index in [9.17, 15) is 0 Å². The molecule has 0 spiro atoms. The second-order valence-corrected chi connectivity index (χ2v) is 4.89. The van der Waals surface area contributed by atoms with Gasteiger partial charge in [-0.25, -0.2) is 0 Å². The molecule has 76 valence electrons. The lowest BCUT2D eigenvalue weighted by Crippen LogP contribution is -2.01.